The zero-order valence-electron chi connectivity index (χ0n) is 19.3. The van der Waals surface area contributed by atoms with Gasteiger partial charge in [0.05, 0.1) is 5.56 Å². The number of rotatable bonds is 5. The predicted octanol–water partition coefficient (Wildman–Crippen LogP) is 4.11. The average molecular weight is 522 g/mol. The lowest BCUT2D eigenvalue weighted by atomic mass is 9.97. The van der Waals surface area contributed by atoms with E-state index >= 15 is 0 Å². The summed E-state index contributed by atoms with van der Waals surface area (Å²) >= 11 is 0. The smallest absolute Gasteiger partial charge is 0.300 e. The van der Waals surface area contributed by atoms with Crippen LogP contribution in [0.5, 0.6) is 0 Å². The van der Waals surface area contributed by atoms with Gasteiger partial charge in [-0.1, -0.05) is 12.1 Å². The molecule has 0 radical (unpaired) electrons. The molecule has 0 aliphatic carbocycles. The summed E-state index contributed by atoms with van der Waals surface area (Å²) in [4.78, 5) is 10.2. The molecule has 0 spiro atoms. The van der Waals surface area contributed by atoms with Crippen molar-refractivity contribution in [2.24, 2.45) is 0 Å². The summed E-state index contributed by atoms with van der Waals surface area (Å²) in [7, 11) is -4.33. The van der Waals surface area contributed by atoms with Crippen molar-refractivity contribution < 1.29 is 26.0 Å². The minimum absolute atomic E-state index is 0.00634. The van der Waals surface area contributed by atoms with E-state index in [0.29, 0.717) is 37.8 Å². The molecule has 2 aliphatic rings. The predicted molar refractivity (Wildman–Crippen MR) is 125 cm³/mol. The number of aromatic nitrogens is 2. The second kappa shape index (κ2) is 9.09. The zero-order chi connectivity index (χ0) is 25.7. The SMILES string of the molecule is Cc1ccc(F)cc1-c1cc(N(N2CCN3CC[C@H]2C3)S(=O)(=O)c2ccccn2)ncc1C(F)(F)F. The van der Waals surface area contributed by atoms with Crippen LogP contribution < -0.4 is 4.41 Å². The standard InChI is InChI=1S/C24H23F4N5O2S/c1-16-5-6-17(25)12-19(16)20-13-22(30-14-21(20)24(26,27)28)33(32-11-10-31-9-7-18(32)15-31)36(34,35)23-4-2-3-8-29-23/h2-6,8,12-14,18H,7,9-11,15H2,1H3/t18-/m0/s1. The van der Waals surface area contributed by atoms with E-state index in [1.807, 2.05) is 0 Å². The fourth-order valence-electron chi connectivity index (χ4n) is 4.79. The summed E-state index contributed by atoms with van der Waals surface area (Å²) in [5.74, 6) is -0.921. The average Bonchev–Trinajstić information content (AvgIpc) is 3.23. The number of halogens is 4. The van der Waals surface area contributed by atoms with Crippen LogP contribution in [0.1, 0.15) is 17.5 Å². The van der Waals surface area contributed by atoms with Crippen molar-refractivity contribution in [3.63, 3.8) is 0 Å². The van der Waals surface area contributed by atoms with Gasteiger partial charge in [0, 0.05) is 38.1 Å². The molecule has 0 N–H and O–H groups in total. The van der Waals surface area contributed by atoms with Crippen LogP contribution in [-0.4, -0.2) is 60.5 Å². The number of alkyl halides is 3. The van der Waals surface area contributed by atoms with Gasteiger partial charge >= 0.3 is 6.18 Å². The Hall–Kier alpha value is -3.09. The fraction of sp³-hybridized carbons (Fsp3) is 0.333. The minimum atomic E-state index is -4.79. The molecule has 2 bridgehead atoms. The molecule has 7 nitrogen and oxygen atoms in total. The van der Waals surface area contributed by atoms with E-state index in [-0.39, 0.29) is 28.0 Å². The van der Waals surface area contributed by atoms with Crippen LogP contribution in [0, 0.1) is 12.7 Å². The molecule has 190 valence electrons. The van der Waals surface area contributed by atoms with Crippen molar-refractivity contribution in [1.82, 2.24) is 19.9 Å². The Bertz CT molecular complexity index is 1380. The van der Waals surface area contributed by atoms with Gasteiger partial charge in [-0.25, -0.2) is 14.4 Å². The molecule has 1 unspecified atom stereocenters. The third kappa shape index (κ3) is 4.44. The van der Waals surface area contributed by atoms with Gasteiger partial charge < -0.3 is 4.90 Å². The number of pyridine rings is 2. The normalized spacial score (nSPS) is 20.5. The van der Waals surface area contributed by atoms with Crippen LogP contribution in [0.2, 0.25) is 0 Å². The van der Waals surface area contributed by atoms with Crippen LogP contribution in [0.25, 0.3) is 11.1 Å². The van der Waals surface area contributed by atoms with Crippen LogP contribution in [-0.2, 0) is 16.2 Å². The lowest BCUT2D eigenvalue weighted by Gasteiger charge is -2.41. The molecule has 4 heterocycles. The van der Waals surface area contributed by atoms with E-state index in [0.717, 1.165) is 29.2 Å². The number of benzene rings is 1. The van der Waals surface area contributed by atoms with Crippen molar-refractivity contribution >= 4 is 15.8 Å². The highest BCUT2D eigenvalue weighted by Gasteiger charge is 2.43. The minimum Gasteiger partial charge on any atom is -0.300 e. The molecule has 0 saturated carbocycles. The quantitative estimate of drug-likeness (QED) is 0.471. The second-order valence-corrected chi connectivity index (χ2v) is 10.6. The molecule has 2 aromatic heterocycles. The highest BCUT2D eigenvalue weighted by molar-refractivity contribution is 7.92. The number of anilines is 1. The third-order valence-electron chi connectivity index (χ3n) is 6.56. The number of sulfonamides is 1. The first-order chi connectivity index (χ1) is 17.1. The number of hydrogen-bond acceptors (Lipinski definition) is 6. The van der Waals surface area contributed by atoms with Crippen molar-refractivity contribution in [2.75, 3.05) is 30.6 Å². The molecule has 2 fully saturated rings. The Balaban J connectivity index is 1.72. The first-order valence-electron chi connectivity index (χ1n) is 11.3. The first-order valence-corrected chi connectivity index (χ1v) is 12.8. The maximum absolute atomic E-state index is 14.1. The molecule has 2 aliphatic heterocycles. The summed E-state index contributed by atoms with van der Waals surface area (Å²) in [6.07, 6.45) is -2.15. The summed E-state index contributed by atoms with van der Waals surface area (Å²) < 4.78 is 84.7. The van der Waals surface area contributed by atoms with E-state index in [4.69, 9.17) is 0 Å². The molecule has 2 atom stereocenters. The monoisotopic (exact) mass is 521 g/mol. The van der Waals surface area contributed by atoms with Crippen molar-refractivity contribution in [2.45, 2.75) is 30.6 Å². The topological polar surface area (TPSA) is 69.6 Å². The number of fused-ring (bicyclic) bond motifs is 2. The maximum atomic E-state index is 14.1. The van der Waals surface area contributed by atoms with Gasteiger partial charge in [-0.2, -0.15) is 31.0 Å². The maximum Gasteiger partial charge on any atom is 0.418 e. The van der Waals surface area contributed by atoms with Gasteiger partial charge in [-0.15, -0.1) is 0 Å². The van der Waals surface area contributed by atoms with E-state index in [9.17, 15) is 26.0 Å². The molecular weight excluding hydrogens is 498 g/mol. The van der Waals surface area contributed by atoms with Gasteiger partial charge in [-0.05, 0) is 66.9 Å². The van der Waals surface area contributed by atoms with Crippen molar-refractivity contribution in [1.29, 1.82) is 0 Å². The molecule has 12 heteroatoms. The molecule has 0 amide bonds. The van der Waals surface area contributed by atoms with E-state index in [1.165, 1.54) is 24.4 Å². The summed E-state index contributed by atoms with van der Waals surface area (Å²) in [6.45, 7) is 3.93. The number of hydrazine groups is 1. The molecular formula is C24H23F4N5O2S. The van der Waals surface area contributed by atoms with Crippen LogP contribution in [0.3, 0.4) is 0 Å². The molecule has 3 aromatic rings. The van der Waals surface area contributed by atoms with Gasteiger partial charge in [-0.3, -0.25) is 0 Å². The van der Waals surface area contributed by atoms with Gasteiger partial charge in [0.2, 0.25) is 0 Å². The van der Waals surface area contributed by atoms with Crippen LogP contribution >= 0.6 is 0 Å². The number of piperazine rings is 1. The highest BCUT2D eigenvalue weighted by atomic mass is 32.2. The zero-order valence-corrected chi connectivity index (χ0v) is 20.1. The van der Waals surface area contributed by atoms with Crippen LogP contribution in [0.15, 0.2) is 59.9 Å². The third-order valence-corrected chi connectivity index (χ3v) is 8.18. The van der Waals surface area contributed by atoms with Gasteiger partial charge in [0.15, 0.2) is 10.8 Å². The van der Waals surface area contributed by atoms with Crippen LogP contribution in [0.4, 0.5) is 23.4 Å². The Labute approximate surface area is 206 Å². The van der Waals surface area contributed by atoms with E-state index in [1.54, 1.807) is 18.0 Å². The lowest BCUT2D eigenvalue weighted by molar-refractivity contribution is -0.137. The van der Waals surface area contributed by atoms with E-state index < -0.39 is 27.6 Å². The summed E-state index contributed by atoms with van der Waals surface area (Å²) in [5.41, 5.74) is -1.02. The van der Waals surface area contributed by atoms with Gasteiger partial charge in [0.25, 0.3) is 10.0 Å². The number of aryl methyl sites for hydroxylation is 1. The first kappa shape index (κ1) is 24.6. The molecule has 36 heavy (non-hydrogen) atoms. The second-order valence-electron chi connectivity index (χ2n) is 8.87. The number of nitrogens with zero attached hydrogens (tertiary/aromatic N) is 5. The Morgan fingerprint density at radius 2 is 1.83 bits per heavy atom. The Morgan fingerprint density at radius 3 is 2.56 bits per heavy atom. The summed E-state index contributed by atoms with van der Waals surface area (Å²) in [5, 5.41) is 1.39. The Kier molecular flexibility index (Phi) is 6.21. The molecule has 1 aromatic carbocycles. The van der Waals surface area contributed by atoms with Gasteiger partial charge in [0.1, 0.15) is 5.82 Å². The largest absolute Gasteiger partial charge is 0.418 e. The lowest BCUT2D eigenvalue weighted by Crippen LogP contribution is -2.57. The summed E-state index contributed by atoms with van der Waals surface area (Å²) in [6, 6.07) is 8.88. The van der Waals surface area contributed by atoms with E-state index in [2.05, 4.69) is 14.9 Å². The van der Waals surface area contributed by atoms with Crippen molar-refractivity contribution in [3.05, 3.63) is 71.8 Å². The Morgan fingerprint density at radius 1 is 1.03 bits per heavy atom. The highest BCUT2D eigenvalue weighted by Crippen LogP contribution is 2.41. The number of hydrogen-bond donors (Lipinski definition) is 0. The molecule has 2 saturated heterocycles. The van der Waals surface area contributed by atoms with Crippen molar-refractivity contribution in [3.8, 4) is 11.1 Å². The fourth-order valence-corrected chi connectivity index (χ4v) is 6.25. The molecule has 5 rings (SSSR count).